The number of rotatable bonds is 7. The summed E-state index contributed by atoms with van der Waals surface area (Å²) in [4.78, 5) is 15.5. The van der Waals surface area contributed by atoms with Crippen LogP contribution < -0.4 is 0 Å². The molecule has 0 fully saturated rings. The van der Waals surface area contributed by atoms with Crippen molar-refractivity contribution in [2.45, 2.75) is 0 Å². The summed E-state index contributed by atoms with van der Waals surface area (Å²) in [6, 6.07) is 72.3. The van der Waals surface area contributed by atoms with Crippen LogP contribution in [0.2, 0.25) is 0 Å². The molecule has 0 radical (unpaired) electrons. The van der Waals surface area contributed by atoms with Crippen LogP contribution in [0.3, 0.4) is 0 Å². The Balaban J connectivity index is 1.22. The molecule has 0 N–H and O–H groups in total. The zero-order valence-corrected chi connectivity index (χ0v) is 29.9. The first-order valence-corrected chi connectivity index (χ1v) is 18.5. The van der Waals surface area contributed by atoms with Gasteiger partial charge in [0.15, 0.2) is 17.5 Å². The lowest BCUT2D eigenvalue weighted by atomic mass is 9.96. The summed E-state index contributed by atoms with van der Waals surface area (Å²) in [5, 5.41) is 2.37. The summed E-state index contributed by atoms with van der Waals surface area (Å²) < 4.78 is 2.38. The summed E-state index contributed by atoms with van der Waals surface area (Å²) in [5.41, 5.74) is 13.0. The average molecular weight is 703 g/mol. The molecule has 55 heavy (non-hydrogen) atoms. The van der Waals surface area contributed by atoms with Gasteiger partial charge in [-0.2, -0.15) is 0 Å². The molecular weight excluding hydrogens is 669 g/mol. The fraction of sp³-hybridized carbons (Fsp3) is 0. The zero-order valence-electron chi connectivity index (χ0n) is 29.9. The quantitative estimate of drug-likeness (QED) is 0.166. The molecule has 10 aromatic rings. The van der Waals surface area contributed by atoms with Crippen molar-refractivity contribution in [2.24, 2.45) is 0 Å². The third-order valence-corrected chi connectivity index (χ3v) is 10.2. The van der Waals surface area contributed by atoms with Crippen LogP contribution in [0.4, 0.5) is 0 Å². The molecule has 0 unspecified atom stereocenters. The van der Waals surface area contributed by atoms with E-state index in [0.29, 0.717) is 17.5 Å². The van der Waals surface area contributed by atoms with Gasteiger partial charge in [-0.3, -0.25) is 0 Å². The van der Waals surface area contributed by atoms with E-state index in [-0.39, 0.29) is 0 Å². The lowest BCUT2D eigenvalue weighted by Gasteiger charge is -2.14. The van der Waals surface area contributed by atoms with Crippen LogP contribution in [0.5, 0.6) is 0 Å². The van der Waals surface area contributed by atoms with Gasteiger partial charge in [-0.05, 0) is 63.7 Å². The minimum atomic E-state index is 0.616. The van der Waals surface area contributed by atoms with Crippen molar-refractivity contribution < 1.29 is 0 Å². The van der Waals surface area contributed by atoms with Crippen molar-refractivity contribution in [2.75, 3.05) is 0 Å². The van der Waals surface area contributed by atoms with Crippen molar-refractivity contribution in [3.05, 3.63) is 206 Å². The second kappa shape index (κ2) is 13.8. The van der Waals surface area contributed by atoms with Gasteiger partial charge in [0.05, 0.1) is 11.0 Å². The van der Waals surface area contributed by atoms with E-state index in [2.05, 4.69) is 187 Å². The Kier molecular flexibility index (Phi) is 8.12. The van der Waals surface area contributed by atoms with E-state index in [1.807, 2.05) is 24.3 Å². The van der Waals surface area contributed by atoms with E-state index in [0.717, 1.165) is 55.7 Å². The Hall–Kier alpha value is -7.43. The largest absolute Gasteiger partial charge is 0.309 e. The van der Waals surface area contributed by atoms with Gasteiger partial charge < -0.3 is 4.57 Å². The van der Waals surface area contributed by atoms with Gasteiger partial charge in [0.2, 0.25) is 0 Å². The van der Waals surface area contributed by atoms with Crippen LogP contribution in [0.1, 0.15) is 0 Å². The molecule has 0 aliphatic carbocycles. The number of hydrogen-bond donors (Lipinski definition) is 0. The predicted octanol–water partition coefficient (Wildman–Crippen LogP) is 13.0. The third kappa shape index (κ3) is 6.06. The highest BCUT2D eigenvalue weighted by Gasteiger charge is 2.21. The maximum Gasteiger partial charge on any atom is 0.164 e. The average Bonchev–Trinajstić information content (AvgIpc) is 3.61. The van der Waals surface area contributed by atoms with Crippen LogP contribution in [0.15, 0.2) is 206 Å². The molecule has 10 rings (SSSR count). The van der Waals surface area contributed by atoms with Crippen molar-refractivity contribution >= 4 is 21.8 Å². The van der Waals surface area contributed by atoms with Gasteiger partial charge in [0.25, 0.3) is 0 Å². The first-order chi connectivity index (χ1) is 27.3. The third-order valence-electron chi connectivity index (χ3n) is 10.2. The van der Waals surface area contributed by atoms with Crippen molar-refractivity contribution in [3.63, 3.8) is 0 Å². The normalized spacial score (nSPS) is 11.3. The number of aromatic nitrogens is 4. The molecular formula is C51H34N4. The van der Waals surface area contributed by atoms with E-state index >= 15 is 0 Å². The Morgan fingerprint density at radius 3 is 1.38 bits per heavy atom. The predicted molar refractivity (Wildman–Crippen MR) is 227 cm³/mol. The first-order valence-electron chi connectivity index (χ1n) is 18.5. The molecule has 0 aliphatic heterocycles. The van der Waals surface area contributed by atoms with E-state index < -0.39 is 0 Å². The lowest BCUT2D eigenvalue weighted by molar-refractivity contribution is 1.07. The number of fused-ring (bicyclic) bond motifs is 3. The Morgan fingerprint density at radius 1 is 0.291 bits per heavy atom. The minimum absolute atomic E-state index is 0.616. The molecule has 0 saturated carbocycles. The fourth-order valence-corrected chi connectivity index (χ4v) is 7.60. The topological polar surface area (TPSA) is 43.6 Å². The van der Waals surface area contributed by atoms with Crippen molar-refractivity contribution in [3.8, 4) is 73.2 Å². The number of benzene rings is 8. The van der Waals surface area contributed by atoms with Crippen molar-refractivity contribution in [1.29, 1.82) is 0 Å². The van der Waals surface area contributed by atoms with E-state index in [1.54, 1.807) is 0 Å². The van der Waals surface area contributed by atoms with Gasteiger partial charge in [-0.15, -0.1) is 0 Å². The molecule has 0 saturated heterocycles. The molecule has 0 aliphatic rings. The second-order valence-electron chi connectivity index (χ2n) is 13.7. The van der Waals surface area contributed by atoms with E-state index in [4.69, 9.17) is 15.0 Å². The molecule has 4 heteroatoms. The van der Waals surface area contributed by atoms with Crippen LogP contribution >= 0.6 is 0 Å². The maximum absolute atomic E-state index is 5.22. The van der Waals surface area contributed by atoms with Crippen LogP contribution in [0.25, 0.3) is 95.0 Å². The highest BCUT2D eigenvalue weighted by molar-refractivity contribution is 6.17. The summed E-state index contributed by atoms with van der Waals surface area (Å²) in [6.45, 7) is 0. The Bertz CT molecular complexity index is 2940. The van der Waals surface area contributed by atoms with Gasteiger partial charge in [-0.1, -0.05) is 176 Å². The molecule has 4 nitrogen and oxygen atoms in total. The molecule has 0 amide bonds. The molecule has 0 spiro atoms. The number of para-hydroxylation sites is 1. The second-order valence-corrected chi connectivity index (χ2v) is 13.7. The maximum atomic E-state index is 5.22. The van der Waals surface area contributed by atoms with Crippen molar-refractivity contribution in [1.82, 2.24) is 19.5 Å². The minimum Gasteiger partial charge on any atom is -0.309 e. The van der Waals surface area contributed by atoms with Gasteiger partial charge in [0, 0.05) is 33.2 Å². The SMILES string of the molecule is c1ccc(-c2ccc(-c3nc(-c4ccccc4)nc(-c4cc(-c5ccccc5)c5c6ccccc6n(-c6cccc(-c7ccccc7)c6)c5c4)n3)cc2)cc1. The first kappa shape index (κ1) is 32.2. The summed E-state index contributed by atoms with van der Waals surface area (Å²) in [6.07, 6.45) is 0. The molecule has 8 aromatic carbocycles. The van der Waals surface area contributed by atoms with Gasteiger partial charge >= 0.3 is 0 Å². The van der Waals surface area contributed by atoms with Crippen LogP contribution in [0, 0.1) is 0 Å². The number of hydrogen-bond acceptors (Lipinski definition) is 3. The highest BCUT2D eigenvalue weighted by Crippen LogP contribution is 2.42. The summed E-state index contributed by atoms with van der Waals surface area (Å²) >= 11 is 0. The lowest BCUT2D eigenvalue weighted by Crippen LogP contribution is -2.01. The van der Waals surface area contributed by atoms with Crippen LogP contribution in [-0.2, 0) is 0 Å². The zero-order chi connectivity index (χ0) is 36.6. The standard InChI is InChI=1S/C51H34N4/c1-5-16-35(17-6-1)37-28-30-40(31-29-37)50-52-49(39-22-11-4-12-23-39)53-51(54-50)42-33-45(38-20-9-3-10-21-38)48-44-26-13-14-27-46(44)55(47(48)34-42)43-25-15-24-41(32-43)36-18-7-2-8-19-36/h1-34H. The smallest absolute Gasteiger partial charge is 0.164 e. The Labute approximate surface area is 319 Å². The fourth-order valence-electron chi connectivity index (χ4n) is 7.60. The molecule has 0 atom stereocenters. The van der Waals surface area contributed by atoms with Gasteiger partial charge in [0.1, 0.15) is 0 Å². The molecule has 2 aromatic heterocycles. The summed E-state index contributed by atoms with van der Waals surface area (Å²) in [5.74, 6) is 1.87. The summed E-state index contributed by atoms with van der Waals surface area (Å²) in [7, 11) is 0. The van der Waals surface area contributed by atoms with E-state index in [1.165, 1.54) is 21.9 Å². The highest BCUT2D eigenvalue weighted by atomic mass is 15.0. The Morgan fingerprint density at radius 2 is 0.745 bits per heavy atom. The molecule has 0 bridgehead atoms. The molecule has 2 heterocycles. The monoisotopic (exact) mass is 702 g/mol. The number of nitrogens with zero attached hydrogens (tertiary/aromatic N) is 4. The van der Waals surface area contributed by atoms with Crippen LogP contribution in [-0.4, -0.2) is 19.5 Å². The van der Waals surface area contributed by atoms with E-state index in [9.17, 15) is 0 Å². The molecule has 258 valence electrons. The van der Waals surface area contributed by atoms with Gasteiger partial charge in [-0.25, -0.2) is 15.0 Å².